The van der Waals surface area contributed by atoms with Crippen molar-refractivity contribution in [2.75, 3.05) is 25.5 Å². The Morgan fingerprint density at radius 2 is 1.79 bits per heavy atom. The molecule has 0 spiro atoms. The first-order valence-corrected chi connectivity index (χ1v) is 7.64. The maximum absolute atomic E-state index is 3.64. The van der Waals surface area contributed by atoms with E-state index < -0.39 is 0 Å². The van der Waals surface area contributed by atoms with Gasteiger partial charge in [0.25, 0.3) is 0 Å². The predicted molar refractivity (Wildman–Crippen MR) is 83.6 cm³/mol. The van der Waals surface area contributed by atoms with Gasteiger partial charge in [0.05, 0.1) is 0 Å². The molecule has 0 aliphatic heterocycles. The fourth-order valence-corrected chi connectivity index (χ4v) is 3.01. The SMILES string of the molecule is CC1CCCCC1CNCc1ccc(N(C)C)cc1. The molecule has 0 aromatic heterocycles. The van der Waals surface area contributed by atoms with Crippen molar-refractivity contribution in [2.45, 2.75) is 39.2 Å². The number of nitrogens with one attached hydrogen (secondary N) is 1. The van der Waals surface area contributed by atoms with Crippen LogP contribution in [0.4, 0.5) is 5.69 Å². The Kier molecular flexibility index (Phi) is 5.26. The Hall–Kier alpha value is -1.02. The number of hydrogen-bond donors (Lipinski definition) is 1. The number of rotatable bonds is 5. The Balaban J connectivity index is 1.75. The second-order valence-electron chi connectivity index (χ2n) is 6.21. The maximum Gasteiger partial charge on any atom is 0.0361 e. The topological polar surface area (TPSA) is 15.3 Å². The fourth-order valence-electron chi connectivity index (χ4n) is 3.01. The van der Waals surface area contributed by atoms with Crippen molar-refractivity contribution in [2.24, 2.45) is 11.8 Å². The van der Waals surface area contributed by atoms with Crippen LogP contribution >= 0.6 is 0 Å². The van der Waals surface area contributed by atoms with Gasteiger partial charge in [-0.25, -0.2) is 0 Å². The largest absolute Gasteiger partial charge is 0.378 e. The third kappa shape index (κ3) is 4.24. The summed E-state index contributed by atoms with van der Waals surface area (Å²) in [6, 6.07) is 8.85. The summed E-state index contributed by atoms with van der Waals surface area (Å²) in [7, 11) is 4.16. The average Bonchev–Trinajstić information content (AvgIpc) is 2.41. The van der Waals surface area contributed by atoms with E-state index in [-0.39, 0.29) is 0 Å². The predicted octanol–water partition coefficient (Wildman–Crippen LogP) is 3.67. The number of anilines is 1. The van der Waals surface area contributed by atoms with Crippen molar-refractivity contribution in [3.63, 3.8) is 0 Å². The smallest absolute Gasteiger partial charge is 0.0361 e. The van der Waals surface area contributed by atoms with E-state index in [1.54, 1.807) is 0 Å². The summed E-state index contributed by atoms with van der Waals surface area (Å²) in [6.45, 7) is 4.59. The zero-order valence-corrected chi connectivity index (χ0v) is 12.7. The van der Waals surface area contributed by atoms with Gasteiger partial charge in [0.2, 0.25) is 0 Å². The Bertz CT molecular complexity index is 369. The number of hydrogen-bond acceptors (Lipinski definition) is 2. The van der Waals surface area contributed by atoms with Crippen LogP contribution in [0.15, 0.2) is 24.3 Å². The minimum Gasteiger partial charge on any atom is -0.378 e. The summed E-state index contributed by atoms with van der Waals surface area (Å²) in [4.78, 5) is 2.14. The zero-order valence-electron chi connectivity index (χ0n) is 12.7. The molecule has 19 heavy (non-hydrogen) atoms. The van der Waals surface area contributed by atoms with Crippen molar-refractivity contribution in [3.8, 4) is 0 Å². The van der Waals surface area contributed by atoms with Crippen LogP contribution in [-0.2, 0) is 6.54 Å². The summed E-state index contributed by atoms with van der Waals surface area (Å²) in [5.74, 6) is 1.78. The molecule has 1 aliphatic rings. The average molecular weight is 260 g/mol. The van der Waals surface area contributed by atoms with Gasteiger partial charge in [-0.1, -0.05) is 38.3 Å². The lowest BCUT2D eigenvalue weighted by Crippen LogP contribution is -2.29. The highest BCUT2D eigenvalue weighted by atomic mass is 15.1. The monoisotopic (exact) mass is 260 g/mol. The van der Waals surface area contributed by atoms with Crippen molar-refractivity contribution in [1.29, 1.82) is 0 Å². The molecule has 1 saturated carbocycles. The highest BCUT2D eigenvalue weighted by Gasteiger charge is 2.20. The molecular weight excluding hydrogens is 232 g/mol. The molecule has 106 valence electrons. The van der Waals surface area contributed by atoms with E-state index in [0.29, 0.717) is 0 Å². The summed E-state index contributed by atoms with van der Waals surface area (Å²) in [5.41, 5.74) is 2.65. The van der Waals surface area contributed by atoms with Gasteiger partial charge in [0, 0.05) is 26.3 Å². The van der Waals surface area contributed by atoms with Gasteiger partial charge in [-0.15, -0.1) is 0 Å². The summed E-state index contributed by atoms with van der Waals surface area (Å²) in [6.07, 6.45) is 5.69. The van der Waals surface area contributed by atoms with Crippen LogP contribution in [0, 0.1) is 11.8 Å². The van der Waals surface area contributed by atoms with Crippen molar-refractivity contribution < 1.29 is 0 Å². The zero-order chi connectivity index (χ0) is 13.7. The lowest BCUT2D eigenvalue weighted by Gasteiger charge is -2.28. The molecule has 0 radical (unpaired) electrons. The van der Waals surface area contributed by atoms with Gasteiger partial charge >= 0.3 is 0 Å². The third-order valence-electron chi connectivity index (χ3n) is 4.48. The minimum atomic E-state index is 0.884. The van der Waals surface area contributed by atoms with Gasteiger partial charge in [0.15, 0.2) is 0 Å². The molecule has 0 saturated heterocycles. The third-order valence-corrected chi connectivity index (χ3v) is 4.48. The molecule has 0 heterocycles. The van der Waals surface area contributed by atoms with Crippen LogP contribution in [0.2, 0.25) is 0 Å². The van der Waals surface area contributed by atoms with Crippen LogP contribution in [0.1, 0.15) is 38.2 Å². The molecule has 0 bridgehead atoms. The molecule has 1 aliphatic carbocycles. The Morgan fingerprint density at radius 1 is 1.11 bits per heavy atom. The Labute approximate surface area is 118 Å². The summed E-state index contributed by atoms with van der Waals surface area (Å²) < 4.78 is 0. The van der Waals surface area contributed by atoms with E-state index in [1.165, 1.54) is 43.5 Å². The molecule has 1 aromatic rings. The van der Waals surface area contributed by atoms with Crippen LogP contribution in [0.5, 0.6) is 0 Å². The second-order valence-corrected chi connectivity index (χ2v) is 6.21. The van der Waals surface area contributed by atoms with Gasteiger partial charge in [-0.2, -0.15) is 0 Å². The Morgan fingerprint density at radius 3 is 2.42 bits per heavy atom. The lowest BCUT2D eigenvalue weighted by molar-refractivity contribution is 0.247. The first-order chi connectivity index (χ1) is 9.16. The minimum absolute atomic E-state index is 0.884. The normalized spacial score (nSPS) is 23.3. The van der Waals surface area contributed by atoms with E-state index in [0.717, 1.165) is 18.4 Å². The molecule has 1 N–H and O–H groups in total. The molecule has 1 fully saturated rings. The van der Waals surface area contributed by atoms with Crippen molar-refractivity contribution in [3.05, 3.63) is 29.8 Å². The van der Waals surface area contributed by atoms with E-state index in [1.807, 2.05) is 0 Å². The summed E-state index contributed by atoms with van der Waals surface area (Å²) in [5, 5.41) is 3.64. The van der Waals surface area contributed by atoms with Gasteiger partial charge < -0.3 is 10.2 Å². The van der Waals surface area contributed by atoms with Crippen LogP contribution in [-0.4, -0.2) is 20.6 Å². The number of nitrogens with zero attached hydrogens (tertiary/aromatic N) is 1. The first kappa shape index (κ1) is 14.4. The second kappa shape index (κ2) is 6.95. The molecule has 2 rings (SSSR count). The molecule has 0 amide bonds. The fraction of sp³-hybridized carbons (Fsp3) is 0.647. The van der Waals surface area contributed by atoms with Crippen molar-refractivity contribution in [1.82, 2.24) is 5.32 Å². The molecule has 1 aromatic carbocycles. The quantitative estimate of drug-likeness (QED) is 0.869. The molecule has 2 nitrogen and oxygen atoms in total. The van der Waals surface area contributed by atoms with Crippen molar-refractivity contribution >= 4 is 5.69 Å². The van der Waals surface area contributed by atoms with E-state index in [9.17, 15) is 0 Å². The highest BCUT2D eigenvalue weighted by molar-refractivity contribution is 5.45. The van der Waals surface area contributed by atoms with Gasteiger partial charge in [-0.3, -0.25) is 0 Å². The van der Waals surface area contributed by atoms with Gasteiger partial charge in [-0.05, 0) is 42.5 Å². The molecule has 2 unspecified atom stereocenters. The first-order valence-electron chi connectivity index (χ1n) is 7.64. The molecule has 2 heteroatoms. The summed E-state index contributed by atoms with van der Waals surface area (Å²) >= 11 is 0. The van der Waals surface area contributed by atoms with Crippen LogP contribution in [0.25, 0.3) is 0 Å². The lowest BCUT2D eigenvalue weighted by atomic mass is 9.80. The van der Waals surface area contributed by atoms with E-state index >= 15 is 0 Å². The van der Waals surface area contributed by atoms with Gasteiger partial charge in [0.1, 0.15) is 0 Å². The maximum atomic E-state index is 3.64. The highest BCUT2D eigenvalue weighted by Crippen LogP contribution is 2.28. The van der Waals surface area contributed by atoms with Crippen LogP contribution in [0.3, 0.4) is 0 Å². The number of benzene rings is 1. The van der Waals surface area contributed by atoms with E-state index in [4.69, 9.17) is 0 Å². The van der Waals surface area contributed by atoms with Crippen LogP contribution < -0.4 is 10.2 Å². The molecular formula is C17H28N2. The molecule has 2 atom stereocenters. The van der Waals surface area contributed by atoms with E-state index in [2.05, 4.69) is 55.5 Å². The standard InChI is InChI=1S/C17H28N2/c1-14-6-4-5-7-16(14)13-18-12-15-8-10-17(11-9-15)19(2)3/h8-11,14,16,18H,4-7,12-13H2,1-3H3.